The molecule has 7 aromatic carbocycles. The first-order valence-electron chi connectivity index (χ1n) is 24.6. The number of fused-ring (bicyclic) bond motifs is 5. The molecule has 0 bridgehead atoms. The Bertz CT molecular complexity index is 4930. The van der Waals surface area contributed by atoms with Gasteiger partial charge in [-0.2, -0.15) is 10.5 Å². The van der Waals surface area contributed by atoms with Gasteiger partial charge in [-0.05, 0) is 115 Å². The number of benzene rings is 7. The molecule has 1 atom stereocenters. The van der Waals surface area contributed by atoms with Gasteiger partial charge in [0.15, 0.2) is 4.90 Å². The first kappa shape index (κ1) is 59.0. The van der Waals surface area contributed by atoms with Crippen LogP contribution in [0.5, 0.6) is 23.0 Å². The lowest BCUT2D eigenvalue weighted by molar-refractivity contribution is 0.413. The summed E-state index contributed by atoms with van der Waals surface area (Å²) in [6.45, 7) is 0. The Balaban J connectivity index is 0.000000140. The molecule has 5 heterocycles. The lowest BCUT2D eigenvalue weighted by atomic mass is 10.2. The van der Waals surface area contributed by atoms with Crippen molar-refractivity contribution in [2.75, 3.05) is 28.4 Å². The van der Waals surface area contributed by atoms with Crippen LogP contribution in [-0.2, 0) is 20.6 Å². The van der Waals surface area contributed by atoms with Crippen LogP contribution in [-0.4, -0.2) is 41.1 Å². The Labute approximate surface area is 477 Å². The monoisotopic (exact) mass is 1160 g/mol. The van der Waals surface area contributed by atoms with Gasteiger partial charge in [0.05, 0.1) is 44.1 Å². The SMILES string of the molecule is COc1ccc2cc(C#N)c(=O)oc2c1.COc1ccc2cc(S(=O)(=O)c3ccccc3)c(=O)oc2c1.COc1ccc2cc(S(=O)c3ccccc3)c(=O)oc2c1.COc1ccc2oc(=O)c(C#N)cc2c1.O=c1ccc2ccccc2o1. The fraction of sp³-hybridized carbons (Fsp3) is 0.0635. The van der Waals surface area contributed by atoms with Crippen molar-refractivity contribution in [3.63, 3.8) is 0 Å². The largest absolute Gasteiger partial charge is 0.497 e. The van der Waals surface area contributed by atoms with Crippen molar-refractivity contribution < 1.29 is 53.7 Å². The van der Waals surface area contributed by atoms with Gasteiger partial charge in [-0.25, -0.2) is 36.6 Å². The van der Waals surface area contributed by atoms with E-state index in [0.717, 1.165) is 5.39 Å². The van der Waals surface area contributed by atoms with Crippen LogP contribution in [0.25, 0.3) is 54.8 Å². The maximum absolute atomic E-state index is 12.5. The van der Waals surface area contributed by atoms with Gasteiger partial charge < -0.3 is 41.0 Å². The molecule has 84 heavy (non-hydrogen) atoms. The van der Waals surface area contributed by atoms with E-state index < -0.39 is 43.1 Å². The summed E-state index contributed by atoms with van der Waals surface area (Å²) in [6, 6.07) is 56.8. The van der Waals surface area contributed by atoms with Crippen LogP contribution in [0.15, 0.2) is 260 Å². The van der Waals surface area contributed by atoms with Gasteiger partial charge in [-0.15, -0.1) is 0 Å². The zero-order chi connectivity index (χ0) is 59.9. The van der Waals surface area contributed by atoms with Crippen LogP contribution in [0.2, 0.25) is 0 Å². The van der Waals surface area contributed by atoms with E-state index in [2.05, 4.69) is 0 Å². The molecule has 19 nitrogen and oxygen atoms in total. The zero-order valence-electron chi connectivity index (χ0n) is 44.6. The second-order valence-corrected chi connectivity index (χ2v) is 20.6. The summed E-state index contributed by atoms with van der Waals surface area (Å²) in [4.78, 5) is 57.6. The Morgan fingerprint density at radius 3 is 1.38 bits per heavy atom. The summed E-state index contributed by atoms with van der Waals surface area (Å²) in [6.07, 6.45) is 0. The van der Waals surface area contributed by atoms with Gasteiger partial charge in [0.25, 0.3) is 0 Å². The highest BCUT2D eigenvalue weighted by molar-refractivity contribution is 7.91. The van der Waals surface area contributed by atoms with Gasteiger partial charge in [0, 0.05) is 56.1 Å². The molecular weight excluding hydrogens is 1120 g/mol. The molecule has 0 fully saturated rings. The molecule has 0 spiro atoms. The lowest BCUT2D eigenvalue weighted by Gasteiger charge is -2.05. The maximum atomic E-state index is 12.5. The molecule has 1 unspecified atom stereocenters. The molecule has 0 radical (unpaired) electrons. The van der Waals surface area contributed by atoms with Crippen molar-refractivity contribution in [2.24, 2.45) is 0 Å². The van der Waals surface area contributed by atoms with E-state index in [1.807, 2.05) is 24.3 Å². The van der Waals surface area contributed by atoms with Crippen molar-refractivity contribution >= 4 is 75.5 Å². The van der Waals surface area contributed by atoms with E-state index in [4.69, 9.17) is 51.6 Å². The third-order valence-electron chi connectivity index (χ3n) is 12.0. The number of methoxy groups -OCH3 is 4. The molecule has 0 amide bonds. The summed E-state index contributed by atoms with van der Waals surface area (Å²) in [7, 11) is 0.638. The molecular formula is C63H44N2O17S2. The van der Waals surface area contributed by atoms with E-state index in [9.17, 15) is 36.6 Å². The fourth-order valence-corrected chi connectivity index (χ4v) is 10.1. The Kier molecular flexibility index (Phi) is 18.9. The zero-order valence-corrected chi connectivity index (χ0v) is 46.3. The van der Waals surface area contributed by atoms with Gasteiger partial charge in [-0.1, -0.05) is 54.6 Å². The standard InChI is InChI=1S/C16H12O5S.C16H12O4S.2C11H7NO3.C9H6O2/c1-20-12-8-7-11-9-15(16(17)21-14(11)10-12)22(18,19)13-5-3-2-4-6-13;1-19-12-8-7-11-9-15(16(17)20-14(11)10-12)21(18)13-5-3-2-4-6-13;1-14-9-2-3-10-7(5-9)4-8(6-12)11(13)15-10;1-14-9-3-2-7-4-8(6-12)11(13)15-10(7)5-9;10-9-6-5-7-3-1-2-4-8(7)11-9/h2-10H,1H3;2-10H,1H3;2*2-5H,1H3;1-6H. The molecule has 5 aromatic heterocycles. The van der Waals surface area contributed by atoms with E-state index in [1.165, 1.54) is 63.8 Å². The number of hydrogen-bond donors (Lipinski definition) is 0. The number of nitriles is 2. The first-order valence-corrected chi connectivity index (χ1v) is 27.2. The van der Waals surface area contributed by atoms with Crippen molar-refractivity contribution in [1.82, 2.24) is 0 Å². The van der Waals surface area contributed by atoms with Crippen LogP contribution in [0, 0.1) is 22.7 Å². The highest BCUT2D eigenvalue weighted by Crippen LogP contribution is 2.26. The third kappa shape index (κ3) is 14.1. The minimum atomic E-state index is -3.91. The predicted octanol–water partition coefficient (Wildman–Crippen LogP) is 10.7. The number of rotatable bonds is 8. The fourth-order valence-electron chi connectivity index (χ4n) is 7.73. The number of sulfone groups is 1. The molecule has 0 aliphatic heterocycles. The third-order valence-corrected chi connectivity index (χ3v) is 15.1. The number of para-hydroxylation sites is 1. The molecule has 12 rings (SSSR count). The summed E-state index contributed by atoms with van der Waals surface area (Å²) >= 11 is 0. The summed E-state index contributed by atoms with van der Waals surface area (Å²) in [5.74, 6) is 2.38. The van der Waals surface area contributed by atoms with Crippen LogP contribution in [0.1, 0.15) is 11.1 Å². The molecule has 420 valence electrons. The maximum Gasteiger partial charge on any atom is 0.355 e. The van der Waals surface area contributed by atoms with Crippen molar-refractivity contribution in [3.05, 3.63) is 257 Å². The number of nitrogens with zero attached hydrogens (tertiary/aromatic N) is 2. The van der Waals surface area contributed by atoms with Gasteiger partial charge in [-0.3, -0.25) is 0 Å². The molecule has 0 N–H and O–H groups in total. The number of ether oxygens (including phenoxy) is 4. The summed E-state index contributed by atoms with van der Waals surface area (Å²) in [5, 5.41) is 20.8. The second kappa shape index (κ2) is 26.9. The second-order valence-electron chi connectivity index (χ2n) is 17.2. The average molecular weight is 1170 g/mol. The lowest BCUT2D eigenvalue weighted by Crippen LogP contribution is -2.14. The Morgan fingerprint density at radius 1 is 0.393 bits per heavy atom. The first-order chi connectivity index (χ1) is 40.5. The summed E-state index contributed by atoms with van der Waals surface area (Å²) < 4.78 is 82.9. The van der Waals surface area contributed by atoms with Crippen LogP contribution >= 0.6 is 0 Å². The Morgan fingerprint density at radius 2 is 0.821 bits per heavy atom. The van der Waals surface area contributed by atoms with Crippen molar-refractivity contribution in [3.8, 4) is 35.1 Å². The average Bonchev–Trinajstić information content (AvgIpc) is 2.78. The van der Waals surface area contributed by atoms with Crippen LogP contribution < -0.4 is 47.1 Å². The molecule has 0 aliphatic rings. The van der Waals surface area contributed by atoms with Gasteiger partial charge >= 0.3 is 28.1 Å². The van der Waals surface area contributed by atoms with E-state index in [0.29, 0.717) is 71.8 Å². The highest BCUT2D eigenvalue weighted by atomic mass is 32.2. The van der Waals surface area contributed by atoms with E-state index in [-0.39, 0.29) is 37.0 Å². The minimum Gasteiger partial charge on any atom is -0.497 e. The summed E-state index contributed by atoms with van der Waals surface area (Å²) in [5.41, 5.74) is -0.856. The smallest absolute Gasteiger partial charge is 0.355 e. The van der Waals surface area contributed by atoms with E-state index >= 15 is 0 Å². The highest BCUT2D eigenvalue weighted by Gasteiger charge is 2.23. The molecule has 0 saturated heterocycles. The molecule has 12 aromatic rings. The quantitative estimate of drug-likeness (QED) is 0.128. The van der Waals surface area contributed by atoms with Crippen LogP contribution in [0.3, 0.4) is 0 Å². The normalized spacial score (nSPS) is 10.9. The van der Waals surface area contributed by atoms with Crippen LogP contribution in [0.4, 0.5) is 0 Å². The van der Waals surface area contributed by atoms with Crippen molar-refractivity contribution in [1.29, 1.82) is 10.5 Å². The van der Waals surface area contributed by atoms with Gasteiger partial charge in [0.2, 0.25) is 9.84 Å². The topological polar surface area (TPSA) is 287 Å². The molecule has 21 heteroatoms. The molecule has 0 saturated carbocycles. The van der Waals surface area contributed by atoms with Crippen molar-refractivity contribution in [2.45, 2.75) is 19.6 Å². The molecule has 0 aliphatic carbocycles. The Hall–Kier alpha value is -11.1. The predicted molar refractivity (Wildman–Crippen MR) is 311 cm³/mol. The number of hydrogen-bond acceptors (Lipinski definition) is 19. The van der Waals surface area contributed by atoms with Gasteiger partial charge in [0.1, 0.15) is 79.1 Å². The minimum absolute atomic E-state index is 0.00393. The van der Waals surface area contributed by atoms with E-state index in [1.54, 1.807) is 147 Å².